The molecule has 0 saturated heterocycles. The van der Waals surface area contributed by atoms with E-state index in [0.717, 1.165) is 16.7 Å². The molecule has 120 valence electrons. The van der Waals surface area contributed by atoms with Crippen molar-refractivity contribution in [2.45, 2.75) is 20.5 Å². The lowest BCUT2D eigenvalue weighted by Gasteiger charge is -2.13. The molecule has 0 aromatic heterocycles. The summed E-state index contributed by atoms with van der Waals surface area (Å²) in [5, 5.41) is 9.05. The van der Waals surface area contributed by atoms with Crippen molar-refractivity contribution in [1.29, 1.82) is 0 Å². The van der Waals surface area contributed by atoms with Crippen molar-refractivity contribution in [3.05, 3.63) is 64.2 Å². The second-order valence-electron chi connectivity index (χ2n) is 5.22. The smallest absolute Gasteiger partial charge is 0.337 e. The number of hydrogen-bond donors (Lipinski definition) is 1. The molecule has 5 heteroatoms. The van der Waals surface area contributed by atoms with Gasteiger partial charge in [-0.2, -0.15) is 0 Å². The molecule has 2 aromatic rings. The number of aromatic carboxylic acids is 1. The first-order chi connectivity index (χ1) is 10.9. The number of carbonyl (C=O) groups is 2. The molecule has 0 atom stereocenters. The Bertz CT molecular complexity index is 709. The molecule has 0 aliphatic carbocycles. The maximum Gasteiger partial charge on any atom is 0.337 e. The Hall–Kier alpha value is -2.82. The fourth-order valence-electron chi connectivity index (χ4n) is 2.31. The van der Waals surface area contributed by atoms with Gasteiger partial charge in [-0.3, -0.25) is 0 Å². The molecule has 5 nitrogen and oxygen atoms in total. The molecule has 23 heavy (non-hydrogen) atoms. The highest BCUT2D eigenvalue weighted by atomic mass is 16.5. The summed E-state index contributed by atoms with van der Waals surface area (Å²) in [5.74, 6) is -0.665. The Kier molecular flexibility index (Phi) is 5.01. The summed E-state index contributed by atoms with van der Waals surface area (Å²) >= 11 is 0. The van der Waals surface area contributed by atoms with Crippen LogP contribution < -0.4 is 4.74 Å². The maximum absolute atomic E-state index is 11.4. The van der Waals surface area contributed by atoms with Gasteiger partial charge < -0.3 is 14.6 Å². The zero-order valence-electron chi connectivity index (χ0n) is 13.3. The first-order valence-corrected chi connectivity index (χ1v) is 7.07. The molecule has 0 fully saturated rings. The fourth-order valence-corrected chi connectivity index (χ4v) is 2.31. The minimum absolute atomic E-state index is 0.245. The molecule has 0 amide bonds. The average Bonchev–Trinajstić information content (AvgIpc) is 2.53. The van der Waals surface area contributed by atoms with E-state index in [2.05, 4.69) is 4.74 Å². The number of aryl methyl sites for hydroxylation is 2. The lowest BCUT2D eigenvalue weighted by Crippen LogP contribution is -2.04. The summed E-state index contributed by atoms with van der Waals surface area (Å²) in [6.07, 6.45) is 0. The predicted molar refractivity (Wildman–Crippen MR) is 85.0 cm³/mol. The summed E-state index contributed by atoms with van der Waals surface area (Å²) in [6, 6.07) is 10.1. The summed E-state index contributed by atoms with van der Waals surface area (Å²) in [7, 11) is 1.34. The fraction of sp³-hybridized carbons (Fsp3) is 0.222. The molecule has 1 N–H and O–H groups in total. The summed E-state index contributed by atoms with van der Waals surface area (Å²) in [5.41, 5.74) is 3.17. The van der Waals surface area contributed by atoms with Gasteiger partial charge in [0.25, 0.3) is 0 Å². The maximum atomic E-state index is 11.4. The van der Waals surface area contributed by atoms with E-state index in [0.29, 0.717) is 17.9 Å². The van der Waals surface area contributed by atoms with Crippen LogP contribution in [-0.2, 0) is 11.3 Å². The van der Waals surface area contributed by atoms with Crippen molar-refractivity contribution in [2.24, 2.45) is 0 Å². The SMILES string of the molecule is COC(=O)c1ccc(COc2c(C)cc(C(=O)O)cc2C)cc1. The third-order valence-corrected chi connectivity index (χ3v) is 3.47. The lowest BCUT2D eigenvalue weighted by molar-refractivity contribution is 0.0599. The van der Waals surface area contributed by atoms with Gasteiger partial charge in [0, 0.05) is 0 Å². The van der Waals surface area contributed by atoms with Crippen molar-refractivity contribution < 1.29 is 24.2 Å². The standard InChI is InChI=1S/C18H18O5/c1-11-8-15(17(19)20)9-12(2)16(11)23-10-13-4-6-14(7-5-13)18(21)22-3/h4-9H,10H2,1-3H3,(H,19,20). The molecule has 0 spiro atoms. The van der Waals surface area contributed by atoms with Crippen molar-refractivity contribution >= 4 is 11.9 Å². The topological polar surface area (TPSA) is 72.8 Å². The number of benzene rings is 2. The van der Waals surface area contributed by atoms with E-state index in [-0.39, 0.29) is 11.5 Å². The molecule has 0 bridgehead atoms. The number of methoxy groups -OCH3 is 1. The second-order valence-corrected chi connectivity index (χ2v) is 5.22. The Balaban J connectivity index is 2.12. The highest BCUT2D eigenvalue weighted by Gasteiger charge is 2.11. The van der Waals surface area contributed by atoms with E-state index < -0.39 is 5.97 Å². The minimum Gasteiger partial charge on any atom is -0.488 e. The summed E-state index contributed by atoms with van der Waals surface area (Å²) in [4.78, 5) is 22.4. The van der Waals surface area contributed by atoms with E-state index in [4.69, 9.17) is 9.84 Å². The van der Waals surface area contributed by atoms with E-state index >= 15 is 0 Å². The van der Waals surface area contributed by atoms with Crippen molar-refractivity contribution in [3.8, 4) is 5.75 Å². The predicted octanol–water partition coefficient (Wildman–Crippen LogP) is 3.37. The van der Waals surface area contributed by atoms with Gasteiger partial charge in [0.05, 0.1) is 18.2 Å². The molecular formula is C18H18O5. The number of rotatable bonds is 5. The number of carboxylic acids is 1. The zero-order chi connectivity index (χ0) is 17.0. The largest absolute Gasteiger partial charge is 0.488 e. The van der Waals surface area contributed by atoms with E-state index in [1.807, 2.05) is 13.8 Å². The molecule has 0 aliphatic rings. The Labute approximate surface area is 134 Å². The van der Waals surface area contributed by atoms with Crippen molar-refractivity contribution in [1.82, 2.24) is 0 Å². The van der Waals surface area contributed by atoms with Gasteiger partial charge >= 0.3 is 11.9 Å². The number of ether oxygens (including phenoxy) is 2. The highest BCUT2D eigenvalue weighted by Crippen LogP contribution is 2.26. The molecule has 0 radical (unpaired) electrons. The van der Waals surface area contributed by atoms with E-state index in [9.17, 15) is 9.59 Å². The molecule has 2 aromatic carbocycles. The monoisotopic (exact) mass is 314 g/mol. The normalized spacial score (nSPS) is 10.2. The van der Waals surface area contributed by atoms with Crippen molar-refractivity contribution in [2.75, 3.05) is 7.11 Å². The van der Waals surface area contributed by atoms with Crippen LogP contribution in [0.3, 0.4) is 0 Å². The summed E-state index contributed by atoms with van der Waals surface area (Å²) < 4.78 is 10.5. The van der Waals surface area contributed by atoms with Crippen LogP contribution in [-0.4, -0.2) is 24.2 Å². The van der Waals surface area contributed by atoms with Gasteiger partial charge in [0.1, 0.15) is 12.4 Å². The number of carboxylic acid groups (broad SMARTS) is 1. The van der Waals surface area contributed by atoms with Crippen LogP contribution in [0.4, 0.5) is 0 Å². The average molecular weight is 314 g/mol. The van der Waals surface area contributed by atoms with Gasteiger partial charge in [-0.15, -0.1) is 0 Å². The first-order valence-electron chi connectivity index (χ1n) is 7.07. The van der Waals surface area contributed by atoms with Crippen LogP contribution >= 0.6 is 0 Å². The molecule has 0 unspecified atom stereocenters. The van der Waals surface area contributed by atoms with Crippen LogP contribution in [0.2, 0.25) is 0 Å². The van der Waals surface area contributed by atoms with Crippen LogP contribution in [0.25, 0.3) is 0 Å². The number of hydrogen-bond acceptors (Lipinski definition) is 4. The first kappa shape index (κ1) is 16.5. The van der Waals surface area contributed by atoms with Gasteiger partial charge in [-0.25, -0.2) is 9.59 Å². The van der Waals surface area contributed by atoms with Crippen molar-refractivity contribution in [3.63, 3.8) is 0 Å². The molecule has 0 heterocycles. The molecular weight excluding hydrogens is 296 g/mol. The second kappa shape index (κ2) is 6.96. The Morgan fingerprint density at radius 3 is 2.04 bits per heavy atom. The van der Waals surface area contributed by atoms with Gasteiger partial charge in [0.2, 0.25) is 0 Å². The summed E-state index contributed by atoms with van der Waals surface area (Å²) in [6.45, 7) is 3.96. The van der Waals surface area contributed by atoms with Gasteiger partial charge in [-0.05, 0) is 54.8 Å². The van der Waals surface area contributed by atoms with Crippen LogP contribution in [0.15, 0.2) is 36.4 Å². The lowest BCUT2D eigenvalue weighted by atomic mass is 10.1. The van der Waals surface area contributed by atoms with E-state index in [1.165, 1.54) is 7.11 Å². The third kappa shape index (κ3) is 3.88. The van der Waals surface area contributed by atoms with Crippen LogP contribution in [0, 0.1) is 13.8 Å². The zero-order valence-corrected chi connectivity index (χ0v) is 13.3. The molecule has 2 rings (SSSR count). The van der Waals surface area contributed by atoms with Gasteiger partial charge in [0.15, 0.2) is 0 Å². The third-order valence-electron chi connectivity index (χ3n) is 3.47. The number of carbonyl (C=O) groups excluding carboxylic acids is 1. The van der Waals surface area contributed by atoms with E-state index in [1.54, 1.807) is 36.4 Å². The molecule has 0 saturated carbocycles. The Morgan fingerprint density at radius 2 is 1.57 bits per heavy atom. The quantitative estimate of drug-likeness (QED) is 0.857. The molecule has 0 aliphatic heterocycles. The van der Waals surface area contributed by atoms with Crippen LogP contribution in [0.1, 0.15) is 37.4 Å². The minimum atomic E-state index is -0.957. The number of esters is 1. The highest BCUT2D eigenvalue weighted by molar-refractivity contribution is 5.89. The van der Waals surface area contributed by atoms with Crippen LogP contribution in [0.5, 0.6) is 5.75 Å². The Morgan fingerprint density at radius 1 is 1.00 bits per heavy atom. The van der Waals surface area contributed by atoms with Gasteiger partial charge in [-0.1, -0.05) is 12.1 Å².